The zero-order valence-electron chi connectivity index (χ0n) is 27.8. The second-order valence-electron chi connectivity index (χ2n) is 13.0. The van der Waals surface area contributed by atoms with Crippen LogP contribution in [0, 0.1) is 0 Å². The number of unbranched alkanes of at least 4 members (excludes halogenated alkanes) is 6. The third kappa shape index (κ3) is 5.66. The molecule has 0 saturated carbocycles. The summed E-state index contributed by atoms with van der Waals surface area (Å²) in [7, 11) is 0. The molecule has 0 fully saturated rings. The molecule has 9 heteroatoms. The maximum atomic E-state index is 5.25. The van der Waals surface area contributed by atoms with Gasteiger partial charge in [0, 0.05) is 60.9 Å². The van der Waals surface area contributed by atoms with E-state index < -0.39 is 0 Å². The van der Waals surface area contributed by atoms with Crippen LogP contribution in [0.25, 0.3) is 89.7 Å². The fourth-order valence-electron chi connectivity index (χ4n) is 7.24. The number of aromatic amines is 2. The van der Waals surface area contributed by atoms with Gasteiger partial charge in [0.25, 0.3) is 0 Å². The summed E-state index contributed by atoms with van der Waals surface area (Å²) in [5.74, 6) is 2.47. The van der Waals surface area contributed by atoms with E-state index in [9.17, 15) is 0 Å². The summed E-state index contributed by atoms with van der Waals surface area (Å²) >= 11 is 0. The number of nitrogens with zero attached hydrogens (tertiary/aromatic N) is 6. The Balaban J connectivity index is 0.00000361. The van der Waals surface area contributed by atoms with Gasteiger partial charge < -0.3 is 9.97 Å². The first-order valence-corrected chi connectivity index (χ1v) is 17.5. The van der Waals surface area contributed by atoms with E-state index in [1.807, 2.05) is 36.4 Å². The van der Waals surface area contributed by atoms with Crippen LogP contribution in [-0.2, 0) is 23.5 Å². The SMILES string of the molecule is CCCCCCCCCc1cccc2c3nc4nc(nc5[nH]c(nc6nc(nc([nH]3)c12)-c1ccccc1-6)c1ccccc51)-c1ccccc1-4.[Cu]. The number of aromatic nitrogens is 8. The molecule has 0 amide bonds. The zero-order valence-corrected chi connectivity index (χ0v) is 28.7. The van der Waals surface area contributed by atoms with Crippen LogP contribution in [0.15, 0.2) is 91.0 Å². The van der Waals surface area contributed by atoms with E-state index in [0.717, 1.165) is 67.9 Å². The average molecular weight is 704 g/mol. The molecule has 3 aromatic heterocycles. The van der Waals surface area contributed by atoms with Gasteiger partial charge in [0.2, 0.25) is 0 Å². The van der Waals surface area contributed by atoms with E-state index in [1.165, 1.54) is 44.1 Å². The van der Waals surface area contributed by atoms with Crippen molar-refractivity contribution in [3.63, 3.8) is 0 Å². The first-order chi connectivity index (χ1) is 24.2. The standard InChI is InChI=1S/C41H36N8.Cu/c1-2-3-4-5-6-7-8-16-25-17-15-24-32-33(25)41-48-39-31-23-14-13-22-30(31)37(46-39)44-35-27-19-10-9-18-26(27)34(42-35)43-36-28-20-11-12-21-29(28)38(45-36)47-40(32)49-41;/h9-15,17-24H,2-8,16H2,1H3,(H2,42,43,44,45,46,47,48,49);. The molecule has 1 radical (unpaired) electrons. The van der Waals surface area contributed by atoms with Crippen LogP contribution < -0.4 is 0 Å². The molecule has 8 nitrogen and oxygen atoms in total. The number of H-pyrrole nitrogens is 2. The van der Waals surface area contributed by atoms with Crippen molar-refractivity contribution in [2.45, 2.75) is 58.3 Å². The molecular formula is C41H36CuN8. The van der Waals surface area contributed by atoms with Crippen LogP contribution in [0.4, 0.5) is 0 Å². The van der Waals surface area contributed by atoms with Gasteiger partial charge in [-0.15, -0.1) is 0 Å². The first-order valence-electron chi connectivity index (χ1n) is 17.5. The van der Waals surface area contributed by atoms with Crippen LogP contribution in [0.3, 0.4) is 0 Å². The summed E-state index contributed by atoms with van der Waals surface area (Å²) in [5.41, 5.74) is 7.91. The number of hydrogen-bond acceptors (Lipinski definition) is 6. The second-order valence-corrected chi connectivity index (χ2v) is 13.0. The normalized spacial score (nSPS) is 11.8. The summed E-state index contributed by atoms with van der Waals surface area (Å²) < 4.78 is 0. The van der Waals surface area contributed by atoms with Crippen LogP contribution in [0.1, 0.15) is 57.4 Å². The number of fused-ring (bicyclic) bond motifs is 20. The summed E-state index contributed by atoms with van der Waals surface area (Å²) in [6.45, 7) is 2.27. The second kappa shape index (κ2) is 13.6. The number of benzene rings is 4. The molecular weight excluding hydrogens is 668 g/mol. The van der Waals surface area contributed by atoms with Gasteiger partial charge in [-0.25, -0.2) is 29.9 Å². The minimum atomic E-state index is 0. The smallest absolute Gasteiger partial charge is 0.164 e. The fraction of sp³-hybridized carbons (Fsp3) is 0.220. The van der Waals surface area contributed by atoms with E-state index in [0.29, 0.717) is 34.6 Å². The van der Waals surface area contributed by atoms with Crippen molar-refractivity contribution in [2.24, 2.45) is 0 Å². The van der Waals surface area contributed by atoms with Gasteiger partial charge in [0.15, 0.2) is 23.3 Å². The minimum absolute atomic E-state index is 0. The van der Waals surface area contributed by atoms with Crippen LogP contribution in [0.2, 0.25) is 0 Å². The molecule has 0 unspecified atom stereocenters. The minimum Gasteiger partial charge on any atom is -0.324 e. The van der Waals surface area contributed by atoms with Gasteiger partial charge >= 0.3 is 0 Å². The van der Waals surface area contributed by atoms with E-state index in [1.54, 1.807) is 0 Å². The molecule has 2 N–H and O–H groups in total. The fourth-order valence-corrected chi connectivity index (χ4v) is 7.24. The number of nitrogens with one attached hydrogen (secondary N) is 2. The summed E-state index contributed by atoms with van der Waals surface area (Å²) in [4.78, 5) is 37.8. The summed E-state index contributed by atoms with van der Waals surface area (Å²) in [6.07, 6.45) is 9.84. The van der Waals surface area contributed by atoms with Gasteiger partial charge in [-0.3, -0.25) is 0 Å². The molecule has 0 spiro atoms. The Labute approximate surface area is 300 Å². The van der Waals surface area contributed by atoms with Crippen molar-refractivity contribution in [3.05, 3.63) is 96.6 Å². The van der Waals surface area contributed by atoms with Crippen molar-refractivity contribution >= 4 is 44.1 Å². The number of hydrogen-bond donors (Lipinski definition) is 2. The molecule has 9 rings (SSSR count). The van der Waals surface area contributed by atoms with Gasteiger partial charge in [-0.1, -0.05) is 136 Å². The molecule has 50 heavy (non-hydrogen) atoms. The predicted octanol–water partition coefficient (Wildman–Crippen LogP) is 10.2. The Morgan fingerprint density at radius 3 is 1.38 bits per heavy atom. The van der Waals surface area contributed by atoms with E-state index in [2.05, 4.69) is 71.5 Å². The Morgan fingerprint density at radius 1 is 0.420 bits per heavy atom. The molecule has 4 aromatic carbocycles. The Bertz CT molecular complexity index is 2550. The Hall–Kier alpha value is -5.24. The number of rotatable bonds is 8. The summed E-state index contributed by atoms with van der Waals surface area (Å²) in [5, 5.41) is 4.04. The van der Waals surface area contributed by atoms with E-state index >= 15 is 0 Å². The van der Waals surface area contributed by atoms with Gasteiger partial charge in [-0.05, 0) is 18.4 Å². The summed E-state index contributed by atoms with van der Waals surface area (Å²) in [6, 6.07) is 31.0. The quantitative estimate of drug-likeness (QED) is 0.120. The molecule has 8 bridgehead atoms. The third-order valence-corrected chi connectivity index (χ3v) is 9.72. The molecule has 2 aliphatic heterocycles. The third-order valence-electron chi connectivity index (χ3n) is 9.72. The van der Waals surface area contributed by atoms with Crippen LogP contribution in [0.5, 0.6) is 0 Å². The van der Waals surface area contributed by atoms with Crippen LogP contribution >= 0.6 is 0 Å². The molecule has 7 aromatic rings. The topological polar surface area (TPSA) is 109 Å². The average Bonchev–Trinajstić information content (AvgIpc) is 3.87. The molecule has 0 atom stereocenters. The van der Waals surface area contributed by atoms with E-state index in [-0.39, 0.29) is 17.1 Å². The van der Waals surface area contributed by atoms with Crippen molar-refractivity contribution < 1.29 is 17.1 Å². The first kappa shape index (κ1) is 32.0. The van der Waals surface area contributed by atoms with Gasteiger partial charge in [0.05, 0.1) is 0 Å². The zero-order chi connectivity index (χ0) is 32.7. The maximum Gasteiger partial charge on any atom is 0.164 e. The molecule has 251 valence electrons. The largest absolute Gasteiger partial charge is 0.324 e. The van der Waals surface area contributed by atoms with Gasteiger partial charge in [0.1, 0.15) is 22.6 Å². The van der Waals surface area contributed by atoms with E-state index in [4.69, 9.17) is 29.9 Å². The van der Waals surface area contributed by atoms with Crippen molar-refractivity contribution in [1.82, 2.24) is 39.9 Å². The van der Waals surface area contributed by atoms with Crippen LogP contribution in [-0.4, -0.2) is 39.9 Å². The molecule has 2 aliphatic rings. The molecule has 5 heterocycles. The Kier molecular flexibility index (Phi) is 8.69. The predicted molar refractivity (Wildman–Crippen MR) is 198 cm³/mol. The van der Waals surface area contributed by atoms with Crippen molar-refractivity contribution in [2.75, 3.05) is 0 Å². The molecule has 0 saturated heterocycles. The Morgan fingerprint density at radius 2 is 0.840 bits per heavy atom. The maximum absolute atomic E-state index is 5.25. The van der Waals surface area contributed by atoms with Gasteiger partial charge in [-0.2, -0.15) is 0 Å². The monoisotopic (exact) mass is 703 g/mol. The van der Waals surface area contributed by atoms with Crippen molar-refractivity contribution in [3.8, 4) is 45.6 Å². The number of aryl methyl sites for hydroxylation is 1. The van der Waals surface area contributed by atoms with Crippen molar-refractivity contribution in [1.29, 1.82) is 0 Å². The molecule has 0 aliphatic carbocycles.